The third kappa shape index (κ3) is 3.43. The van der Waals surface area contributed by atoms with E-state index in [2.05, 4.69) is 15.3 Å². The molecule has 1 aromatic carbocycles. The summed E-state index contributed by atoms with van der Waals surface area (Å²) in [5.41, 5.74) is 0.362. The van der Waals surface area contributed by atoms with Gasteiger partial charge >= 0.3 is 0 Å². The molecule has 1 aromatic heterocycles. The Morgan fingerprint density at radius 3 is 2.52 bits per heavy atom. The van der Waals surface area contributed by atoms with Gasteiger partial charge in [0.05, 0.1) is 10.7 Å². The number of rotatable bonds is 3. The van der Waals surface area contributed by atoms with Crippen LogP contribution in [0, 0.1) is 0 Å². The van der Waals surface area contributed by atoms with E-state index in [1.54, 1.807) is 18.5 Å². The van der Waals surface area contributed by atoms with Gasteiger partial charge in [-0.15, -0.1) is 0 Å². The van der Waals surface area contributed by atoms with Gasteiger partial charge in [-0.1, -0.05) is 11.6 Å². The van der Waals surface area contributed by atoms with Gasteiger partial charge in [-0.2, -0.15) is 4.31 Å². The van der Waals surface area contributed by atoms with E-state index < -0.39 is 10.0 Å². The number of nitrogens with one attached hydrogen (secondary N) is 1. The van der Waals surface area contributed by atoms with Gasteiger partial charge in [-0.25, -0.2) is 18.4 Å². The normalized spacial score (nSPS) is 17.8. The average Bonchev–Trinajstić information content (AvgIpc) is 2.68. The van der Waals surface area contributed by atoms with Crippen LogP contribution in [-0.2, 0) is 14.8 Å². The van der Waals surface area contributed by atoms with Crippen molar-refractivity contribution in [2.24, 2.45) is 0 Å². The lowest BCUT2D eigenvalue weighted by atomic mass is 10.2. The molecule has 0 radical (unpaired) electrons. The molecule has 0 atom stereocenters. The molecule has 11 heteroatoms. The molecule has 2 aromatic rings. The van der Waals surface area contributed by atoms with Gasteiger partial charge in [-0.05, 0) is 12.1 Å². The highest BCUT2D eigenvalue weighted by atomic mass is 35.5. The first kappa shape index (κ1) is 18.0. The number of benzene rings is 1. The summed E-state index contributed by atoms with van der Waals surface area (Å²) in [4.78, 5) is 21.7. The number of halogens is 1. The predicted octanol–water partition coefficient (Wildman–Crippen LogP) is 0.972. The summed E-state index contributed by atoms with van der Waals surface area (Å²) >= 11 is 6.19. The molecule has 2 aliphatic rings. The quantitative estimate of drug-likeness (QED) is 0.805. The van der Waals surface area contributed by atoms with E-state index >= 15 is 0 Å². The lowest BCUT2D eigenvalue weighted by Crippen LogP contribution is -2.49. The highest BCUT2D eigenvalue weighted by Crippen LogP contribution is 2.37. The third-order valence-electron chi connectivity index (χ3n) is 4.36. The number of carbonyl (C=O) groups is 1. The highest BCUT2D eigenvalue weighted by Gasteiger charge is 2.32. The van der Waals surface area contributed by atoms with Gasteiger partial charge in [0.2, 0.25) is 16.0 Å². The van der Waals surface area contributed by atoms with Gasteiger partial charge in [0, 0.05) is 44.6 Å². The maximum absolute atomic E-state index is 13.1. The number of fused-ring (bicyclic) bond motifs is 1. The van der Waals surface area contributed by atoms with Crippen molar-refractivity contribution in [1.29, 1.82) is 0 Å². The zero-order chi connectivity index (χ0) is 19.0. The summed E-state index contributed by atoms with van der Waals surface area (Å²) in [5.74, 6) is 0.549. The van der Waals surface area contributed by atoms with E-state index in [-0.39, 0.29) is 41.3 Å². The monoisotopic (exact) mass is 409 g/mol. The Labute approximate surface area is 161 Å². The van der Waals surface area contributed by atoms with Crippen LogP contribution in [0.2, 0.25) is 5.02 Å². The van der Waals surface area contributed by atoms with Gasteiger partial charge in [0.25, 0.3) is 5.91 Å². The van der Waals surface area contributed by atoms with E-state index in [1.807, 2.05) is 4.90 Å². The Morgan fingerprint density at radius 2 is 1.81 bits per heavy atom. The van der Waals surface area contributed by atoms with E-state index in [0.29, 0.717) is 24.7 Å². The minimum Gasteiger partial charge on any atom is -0.482 e. The van der Waals surface area contributed by atoms with Crippen LogP contribution in [0.1, 0.15) is 0 Å². The first-order valence-corrected chi connectivity index (χ1v) is 10.1. The van der Waals surface area contributed by atoms with Crippen molar-refractivity contribution >= 4 is 39.2 Å². The highest BCUT2D eigenvalue weighted by molar-refractivity contribution is 7.89. The summed E-state index contributed by atoms with van der Waals surface area (Å²) in [7, 11) is -3.80. The van der Waals surface area contributed by atoms with Crippen LogP contribution in [0.5, 0.6) is 5.75 Å². The fourth-order valence-corrected chi connectivity index (χ4v) is 4.94. The molecule has 0 aliphatic carbocycles. The van der Waals surface area contributed by atoms with Crippen LogP contribution < -0.4 is 15.0 Å². The number of anilines is 2. The smallest absolute Gasteiger partial charge is 0.262 e. The van der Waals surface area contributed by atoms with E-state index in [4.69, 9.17) is 16.3 Å². The molecule has 0 bridgehead atoms. The van der Waals surface area contributed by atoms with Crippen molar-refractivity contribution in [2.75, 3.05) is 43.0 Å². The number of hydrogen-bond acceptors (Lipinski definition) is 7. The molecule has 1 fully saturated rings. The van der Waals surface area contributed by atoms with E-state index in [0.717, 1.165) is 0 Å². The summed E-state index contributed by atoms with van der Waals surface area (Å²) < 4.78 is 32.8. The average molecular weight is 410 g/mol. The second kappa shape index (κ2) is 6.95. The van der Waals surface area contributed by atoms with Gasteiger partial charge in [0.15, 0.2) is 6.61 Å². The molecule has 3 heterocycles. The van der Waals surface area contributed by atoms with Gasteiger partial charge in [-0.3, -0.25) is 4.79 Å². The molecule has 27 heavy (non-hydrogen) atoms. The number of ether oxygens (including phenoxy) is 1. The number of sulfonamides is 1. The number of nitrogens with zero attached hydrogens (tertiary/aromatic N) is 4. The lowest BCUT2D eigenvalue weighted by molar-refractivity contribution is -0.118. The molecule has 1 N–H and O–H groups in total. The predicted molar refractivity (Wildman–Crippen MR) is 98.6 cm³/mol. The molecular weight excluding hydrogens is 394 g/mol. The number of amides is 1. The Kier molecular flexibility index (Phi) is 4.62. The summed E-state index contributed by atoms with van der Waals surface area (Å²) in [6.07, 6.45) is 3.30. The van der Waals surface area contributed by atoms with Crippen molar-refractivity contribution in [2.45, 2.75) is 4.90 Å². The third-order valence-corrected chi connectivity index (χ3v) is 6.72. The Bertz CT molecular complexity index is 978. The van der Waals surface area contributed by atoms with Crippen molar-refractivity contribution in [3.63, 3.8) is 0 Å². The molecule has 142 valence electrons. The molecule has 4 rings (SSSR count). The van der Waals surface area contributed by atoms with Crippen molar-refractivity contribution in [1.82, 2.24) is 14.3 Å². The molecular formula is C16H16ClN5O4S. The van der Waals surface area contributed by atoms with Crippen molar-refractivity contribution in [3.8, 4) is 5.75 Å². The number of piperazine rings is 1. The summed E-state index contributed by atoms with van der Waals surface area (Å²) in [6, 6.07) is 4.49. The summed E-state index contributed by atoms with van der Waals surface area (Å²) in [5, 5.41) is 2.64. The Hall–Kier alpha value is -2.43. The first-order valence-electron chi connectivity index (χ1n) is 8.23. The first-order chi connectivity index (χ1) is 12.9. The molecule has 9 nitrogen and oxygen atoms in total. The minimum absolute atomic E-state index is 0.0355. The van der Waals surface area contributed by atoms with Crippen LogP contribution in [0.3, 0.4) is 0 Å². The van der Waals surface area contributed by atoms with Crippen LogP contribution in [0.25, 0.3) is 0 Å². The van der Waals surface area contributed by atoms with E-state index in [9.17, 15) is 13.2 Å². The van der Waals surface area contributed by atoms with Gasteiger partial charge in [0.1, 0.15) is 10.6 Å². The molecule has 2 aliphatic heterocycles. The Balaban J connectivity index is 1.55. The number of hydrogen-bond donors (Lipinski definition) is 1. The standard InChI is InChI=1S/C16H16ClN5O4S/c17-11-8-12-13(26-10-15(23)20-12)9-14(11)27(24,25)22-6-4-21(5-7-22)16-18-2-1-3-19-16/h1-3,8-9H,4-7,10H2,(H,20,23). The van der Waals surface area contributed by atoms with Crippen LogP contribution in [0.4, 0.5) is 11.6 Å². The molecule has 0 saturated carbocycles. The van der Waals surface area contributed by atoms with Crippen LogP contribution in [-0.4, -0.2) is 61.4 Å². The van der Waals surface area contributed by atoms with Crippen molar-refractivity contribution < 1.29 is 17.9 Å². The zero-order valence-electron chi connectivity index (χ0n) is 14.1. The van der Waals surface area contributed by atoms with E-state index in [1.165, 1.54) is 16.4 Å². The second-order valence-corrected chi connectivity index (χ2v) is 8.37. The van der Waals surface area contributed by atoms with Crippen molar-refractivity contribution in [3.05, 3.63) is 35.6 Å². The zero-order valence-corrected chi connectivity index (χ0v) is 15.7. The lowest BCUT2D eigenvalue weighted by Gasteiger charge is -2.34. The maximum atomic E-state index is 13.1. The topological polar surface area (TPSA) is 105 Å². The number of carbonyl (C=O) groups excluding carboxylic acids is 1. The number of aromatic nitrogens is 2. The fraction of sp³-hybridized carbons (Fsp3) is 0.312. The molecule has 1 amide bonds. The Morgan fingerprint density at radius 1 is 1.11 bits per heavy atom. The second-order valence-electron chi connectivity index (χ2n) is 6.06. The minimum atomic E-state index is -3.80. The summed E-state index contributed by atoms with van der Waals surface area (Å²) in [6.45, 7) is 1.35. The molecule has 0 spiro atoms. The van der Waals surface area contributed by atoms with Crippen LogP contribution in [0.15, 0.2) is 35.5 Å². The fourth-order valence-electron chi connectivity index (χ4n) is 3.00. The largest absolute Gasteiger partial charge is 0.482 e. The molecule has 1 saturated heterocycles. The van der Waals surface area contributed by atoms with Gasteiger partial charge < -0.3 is 15.0 Å². The SMILES string of the molecule is O=C1COc2cc(S(=O)(=O)N3CCN(c4ncccn4)CC3)c(Cl)cc2N1. The molecule has 0 unspecified atom stereocenters. The maximum Gasteiger partial charge on any atom is 0.262 e. The van der Waals surface area contributed by atoms with Crippen LogP contribution >= 0.6 is 11.6 Å².